The number of methoxy groups -OCH3 is 1. The average Bonchev–Trinajstić information content (AvgIpc) is 2.28. The highest BCUT2D eigenvalue weighted by Crippen LogP contribution is 2.43. The topological polar surface area (TPSA) is 45.7 Å². The van der Waals surface area contributed by atoms with Crippen LogP contribution in [0.3, 0.4) is 0 Å². The van der Waals surface area contributed by atoms with Gasteiger partial charge in [-0.25, -0.2) is 0 Å². The molecule has 1 rings (SSSR count). The van der Waals surface area contributed by atoms with Crippen molar-refractivity contribution in [3.63, 3.8) is 0 Å². The SMILES string of the molecule is CCNC(=NCC1(CC)CCC1)NCCOC.I. The van der Waals surface area contributed by atoms with Gasteiger partial charge in [-0.05, 0) is 31.6 Å². The summed E-state index contributed by atoms with van der Waals surface area (Å²) >= 11 is 0. The summed E-state index contributed by atoms with van der Waals surface area (Å²) in [5, 5.41) is 6.55. The first-order valence-corrected chi connectivity index (χ1v) is 6.77. The smallest absolute Gasteiger partial charge is 0.191 e. The van der Waals surface area contributed by atoms with E-state index in [4.69, 9.17) is 4.74 Å². The number of ether oxygens (including phenoxy) is 1. The van der Waals surface area contributed by atoms with Crippen LogP contribution in [-0.4, -0.2) is 39.3 Å². The molecule has 108 valence electrons. The average molecular weight is 369 g/mol. The Morgan fingerprint density at radius 1 is 1.28 bits per heavy atom. The minimum Gasteiger partial charge on any atom is -0.383 e. The molecule has 1 saturated carbocycles. The molecular formula is C13H28IN3O. The second-order valence-electron chi connectivity index (χ2n) is 4.82. The van der Waals surface area contributed by atoms with Crippen LogP contribution in [0.5, 0.6) is 0 Å². The van der Waals surface area contributed by atoms with Crippen LogP contribution in [0.1, 0.15) is 39.5 Å². The van der Waals surface area contributed by atoms with Gasteiger partial charge >= 0.3 is 0 Å². The van der Waals surface area contributed by atoms with Gasteiger partial charge in [-0.2, -0.15) is 0 Å². The van der Waals surface area contributed by atoms with Crippen LogP contribution in [-0.2, 0) is 4.74 Å². The molecule has 1 fully saturated rings. The summed E-state index contributed by atoms with van der Waals surface area (Å²) in [6, 6.07) is 0. The maximum absolute atomic E-state index is 5.02. The zero-order valence-electron chi connectivity index (χ0n) is 11.9. The first kappa shape index (κ1) is 18.0. The van der Waals surface area contributed by atoms with Gasteiger partial charge in [-0.3, -0.25) is 4.99 Å². The zero-order valence-corrected chi connectivity index (χ0v) is 14.3. The number of hydrogen-bond donors (Lipinski definition) is 2. The van der Waals surface area contributed by atoms with Crippen molar-refractivity contribution in [2.45, 2.75) is 39.5 Å². The Morgan fingerprint density at radius 3 is 2.44 bits per heavy atom. The molecule has 0 amide bonds. The van der Waals surface area contributed by atoms with Crippen LogP contribution < -0.4 is 10.6 Å². The molecule has 5 heteroatoms. The number of nitrogens with one attached hydrogen (secondary N) is 2. The number of nitrogens with zero attached hydrogens (tertiary/aromatic N) is 1. The monoisotopic (exact) mass is 369 g/mol. The van der Waals surface area contributed by atoms with Crippen LogP contribution in [0.15, 0.2) is 4.99 Å². The fourth-order valence-corrected chi connectivity index (χ4v) is 2.16. The summed E-state index contributed by atoms with van der Waals surface area (Å²) < 4.78 is 5.02. The fourth-order valence-electron chi connectivity index (χ4n) is 2.16. The van der Waals surface area contributed by atoms with Gasteiger partial charge in [-0.1, -0.05) is 13.3 Å². The summed E-state index contributed by atoms with van der Waals surface area (Å²) in [4.78, 5) is 4.69. The van der Waals surface area contributed by atoms with Crippen molar-refractivity contribution >= 4 is 29.9 Å². The van der Waals surface area contributed by atoms with E-state index in [0.717, 1.165) is 25.6 Å². The first-order valence-electron chi connectivity index (χ1n) is 6.77. The predicted octanol–water partition coefficient (Wildman–Crippen LogP) is 2.39. The minimum absolute atomic E-state index is 0. The number of halogens is 1. The van der Waals surface area contributed by atoms with Crippen molar-refractivity contribution in [1.29, 1.82) is 0 Å². The first-order chi connectivity index (χ1) is 8.26. The molecule has 0 unspecified atom stereocenters. The van der Waals surface area contributed by atoms with Crippen LogP contribution in [0.4, 0.5) is 0 Å². The minimum atomic E-state index is 0. The summed E-state index contributed by atoms with van der Waals surface area (Å²) in [6.07, 6.45) is 5.29. The van der Waals surface area contributed by atoms with Crippen LogP contribution in [0.25, 0.3) is 0 Å². The lowest BCUT2D eigenvalue weighted by Gasteiger charge is -2.40. The molecule has 0 aromatic rings. The molecule has 1 aliphatic carbocycles. The molecule has 0 aromatic carbocycles. The largest absolute Gasteiger partial charge is 0.383 e. The number of guanidine groups is 1. The number of aliphatic imine (C=N–C) groups is 1. The number of hydrogen-bond acceptors (Lipinski definition) is 2. The molecule has 0 aliphatic heterocycles. The van der Waals surface area contributed by atoms with Crippen molar-refractivity contribution in [3.05, 3.63) is 0 Å². The highest BCUT2D eigenvalue weighted by atomic mass is 127. The maximum Gasteiger partial charge on any atom is 0.191 e. The zero-order chi connectivity index (χ0) is 12.6. The van der Waals surface area contributed by atoms with E-state index in [-0.39, 0.29) is 24.0 Å². The van der Waals surface area contributed by atoms with E-state index in [9.17, 15) is 0 Å². The molecule has 2 N–H and O–H groups in total. The van der Waals surface area contributed by atoms with Crippen molar-refractivity contribution < 1.29 is 4.74 Å². The van der Waals surface area contributed by atoms with Crippen LogP contribution in [0, 0.1) is 5.41 Å². The third-order valence-corrected chi connectivity index (χ3v) is 3.68. The normalized spacial score (nSPS) is 17.6. The van der Waals surface area contributed by atoms with E-state index < -0.39 is 0 Å². The van der Waals surface area contributed by atoms with E-state index in [0.29, 0.717) is 12.0 Å². The fraction of sp³-hybridized carbons (Fsp3) is 0.923. The Kier molecular flexibility index (Phi) is 9.81. The van der Waals surface area contributed by atoms with Crippen LogP contribution >= 0.6 is 24.0 Å². The van der Waals surface area contributed by atoms with E-state index in [1.165, 1.54) is 25.7 Å². The molecule has 0 spiro atoms. The van der Waals surface area contributed by atoms with Gasteiger partial charge in [0.05, 0.1) is 6.61 Å². The van der Waals surface area contributed by atoms with Gasteiger partial charge in [0.1, 0.15) is 0 Å². The van der Waals surface area contributed by atoms with Crippen LogP contribution in [0.2, 0.25) is 0 Å². The highest BCUT2D eigenvalue weighted by molar-refractivity contribution is 14.0. The van der Waals surface area contributed by atoms with E-state index in [2.05, 4.69) is 29.5 Å². The molecule has 0 atom stereocenters. The quantitative estimate of drug-likeness (QED) is 0.314. The lowest BCUT2D eigenvalue weighted by atomic mass is 9.67. The lowest BCUT2D eigenvalue weighted by Crippen LogP contribution is -2.40. The van der Waals surface area contributed by atoms with Gasteiger partial charge in [0.15, 0.2) is 5.96 Å². The van der Waals surface area contributed by atoms with Crippen molar-refractivity contribution in [3.8, 4) is 0 Å². The second kappa shape index (κ2) is 9.83. The highest BCUT2D eigenvalue weighted by Gasteiger charge is 2.34. The standard InChI is InChI=1S/C13H27N3O.HI/c1-4-13(7-6-8-13)11-16-12(14-5-2)15-9-10-17-3;/h4-11H2,1-3H3,(H2,14,15,16);1H. The Labute approximate surface area is 128 Å². The summed E-state index contributed by atoms with van der Waals surface area (Å²) in [5.74, 6) is 0.921. The third kappa shape index (κ3) is 5.73. The summed E-state index contributed by atoms with van der Waals surface area (Å²) in [6.45, 7) is 7.74. The second-order valence-corrected chi connectivity index (χ2v) is 4.82. The maximum atomic E-state index is 5.02. The number of rotatable bonds is 7. The van der Waals surface area contributed by atoms with Gasteiger partial charge in [-0.15, -0.1) is 24.0 Å². The predicted molar refractivity (Wildman–Crippen MR) is 87.8 cm³/mol. The Hall–Kier alpha value is -0.0400. The van der Waals surface area contributed by atoms with Crippen molar-refractivity contribution in [2.75, 3.05) is 33.4 Å². The molecule has 0 radical (unpaired) electrons. The van der Waals surface area contributed by atoms with Gasteiger partial charge in [0, 0.05) is 26.7 Å². The molecule has 1 aliphatic rings. The van der Waals surface area contributed by atoms with Gasteiger partial charge < -0.3 is 15.4 Å². The third-order valence-electron chi connectivity index (χ3n) is 3.68. The van der Waals surface area contributed by atoms with Gasteiger partial charge in [0.25, 0.3) is 0 Å². The Bertz CT molecular complexity index is 237. The van der Waals surface area contributed by atoms with Crippen molar-refractivity contribution in [2.24, 2.45) is 10.4 Å². The van der Waals surface area contributed by atoms with E-state index >= 15 is 0 Å². The lowest BCUT2D eigenvalue weighted by molar-refractivity contribution is 0.139. The summed E-state index contributed by atoms with van der Waals surface area (Å²) in [5.41, 5.74) is 0.490. The van der Waals surface area contributed by atoms with E-state index in [1.54, 1.807) is 7.11 Å². The molecular weight excluding hydrogens is 341 g/mol. The Balaban J connectivity index is 0.00000289. The molecule has 0 heterocycles. The van der Waals surface area contributed by atoms with Gasteiger partial charge in [0.2, 0.25) is 0 Å². The molecule has 0 aromatic heterocycles. The Morgan fingerprint density at radius 2 is 2.00 bits per heavy atom. The van der Waals surface area contributed by atoms with E-state index in [1.807, 2.05) is 0 Å². The molecule has 18 heavy (non-hydrogen) atoms. The molecule has 0 bridgehead atoms. The molecule has 0 saturated heterocycles. The summed E-state index contributed by atoms with van der Waals surface area (Å²) in [7, 11) is 1.71. The van der Waals surface area contributed by atoms with Crippen molar-refractivity contribution in [1.82, 2.24) is 10.6 Å². The molecule has 4 nitrogen and oxygen atoms in total.